The van der Waals surface area contributed by atoms with E-state index >= 15 is 0 Å². The van der Waals surface area contributed by atoms with Crippen LogP contribution in [0.1, 0.15) is 23.9 Å². The Labute approximate surface area is 157 Å². The molecule has 1 atom stereocenters. The maximum Gasteiger partial charge on any atom is 0.229 e. The van der Waals surface area contributed by atoms with Crippen molar-refractivity contribution in [1.82, 2.24) is 15.1 Å². The van der Waals surface area contributed by atoms with E-state index in [-0.39, 0.29) is 24.2 Å². The number of anilines is 1. The van der Waals surface area contributed by atoms with Crippen LogP contribution in [0.3, 0.4) is 0 Å². The second kappa shape index (κ2) is 8.23. The van der Waals surface area contributed by atoms with Crippen molar-refractivity contribution in [2.24, 2.45) is 5.92 Å². The van der Waals surface area contributed by atoms with Crippen LogP contribution in [0.25, 0.3) is 6.08 Å². The standard InChI is InChI=1S/C19H22N4O2S/c1-3-22(11-7-10-15-8-5-4-6-9-15)18(25)16-12-17(24)23(13-16)19-21-20-14(2)26-19/h4-10,16H,3,11-13H2,1-2H3. The SMILES string of the molecule is CCN(CC=Cc1ccccc1)C(=O)C1CC(=O)N(c2nnc(C)s2)C1. The number of rotatable bonds is 6. The molecule has 1 saturated heterocycles. The quantitative estimate of drug-likeness (QED) is 0.784. The summed E-state index contributed by atoms with van der Waals surface area (Å²) in [4.78, 5) is 28.5. The largest absolute Gasteiger partial charge is 0.339 e. The first-order chi connectivity index (χ1) is 12.6. The molecular weight excluding hydrogens is 348 g/mol. The zero-order valence-corrected chi connectivity index (χ0v) is 15.8. The third-order valence-electron chi connectivity index (χ3n) is 4.35. The van der Waals surface area contributed by atoms with E-state index in [9.17, 15) is 9.59 Å². The van der Waals surface area contributed by atoms with Gasteiger partial charge in [0.05, 0.1) is 5.92 Å². The Morgan fingerprint density at radius 3 is 2.77 bits per heavy atom. The van der Waals surface area contributed by atoms with Crippen LogP contribution in [0.5, 0.6) is 0 Å². The van der Waals surface area contributed by atoms with E-state index in [1.807, 2.05) is 56.3 Å². The number of likely N-dealkylation sites (N-methyl/N-ethyl adjacent to an activating group) is 1. The van der Waals surface area contributed by atoms with Gasteiger partial charge in [0.1, 0.15) is 5.01 Å². The third-order valence-corrected chi connectivity index (χ3v) is 5.21. The molecule has 1 aromatic heterocycles. The molecule has 2 aromatic rings. The number of benzene rings is 1. The van der Waals surface area contributed by atoms with Crippen molar-refractivity contribution in [3.8, 4) is 0 Å². The highest BCUT2D eigenvalue weighted by Gasteiger charge is 2.38. The van der Waals surface area contributed by atoms with Gasteiger partial charge in [0.15, 0.2) is 0 Å². The van der Waals surface area contributed by atoms with Crippen molar-refractivity contribution in [3.05, 3.63) is 47.0 Å². The molecule has 0 N–H and O–H groups in total. The Kier molecular flexibility index (Phi) is 5.78. The highest BCUT2D eigenvalue weighted by molar-refractivity contribution is 7.15. The van der Waals surface area contributed by atoms with Crippen LogP contribution in [-0.4, -0.2) is 46.5 Å². The molecule has 3 rings (SSSR count). The van der Waals surface area contributed by atoms with E-state index in [0.29, 0.717) is 24.8 Å². The minimum absolute atomic E-state index is 0.0160. The fraction of sp³-hybridized carbons (Fsp3) is 0.368. The van der Waals surface area contributed by atoms with E-state index in [1.165, 1.54) is 11.3 Å². The van der Waals surface area contributed by atoms with E-state index in [2.05, 4.69) is 10.2 Å². The predicted octanol–water partition coefficient (Wildman–Crippen LogP) is 2.76. The number of carbonyl (C=O) groups is 2. The first kappa shape index (κ1) is 18.3. The van der Waals surface area contributed by atoms with Gasteiger partial charge in [-0.1, -0.05) is 53.8 Å². The fourth-order valence-electron chi connectivity index (χ4n) is 2.97. The highest BCUT2D eigenvalue weighted by Crippen LogP contribution is 2.28. The second-order valence-corrected chi connectivity index (χ2v) is 7.36. The van der Waals surface area contributed by atoms with E-state index in [4.69, 9.17) is 0 Å². The number of carbonyl (C=O) groups excluding carboxylic acids is 2. The summed E-state index contributed by atoms with van der Waals surface area (Å²) >= 11 is 1.37. The fourth-order valence-corrected chi connectivity index (χ4v) is 3.68. The lowest BCUT2D eigenvalue weighted by molar-refractivity contribution is -0.135. The molecule has 0 bridgehead atoms. The van der Waals surface area contributed by atoms with Gasteiger partial charge in [-0.2, -0.15) is 0 Å². The average Bonchev–Trinajstić information content (AvgIpc) is 3.24. The van der Waals surface area contributed by atoms with Crippen molar-refractivity contribution >= 4 is 34.4 Å². The van der Waals surface area contributed by atoms with Gasteiger partial charge >= 0.3 is 0 Å². The van der Waals surface area contributed by atoms with Gasteiger partial charge in [-0.25, -0.2) is 0 Å². The molecule has 0 radical (unpaired) electrons. The van der Waals surface area contributed by atoms with Gasteiger partial charge in [0.2, 0.25) is 16.9 Å². The van der Waals surface area contributed by atoms with Crippen LogP contribution in [-0.2, 0) is 9.59 Å². The van der Waals surface area contributed by atoms with E-state index < -0.39 is 0 Å². The number of hydrogen-bond donors (Lipinski definition) is 0. The summed E-state index contributed by atoms with van der Waals surface area (Å²) in [5.41, 5.74) is 1.10. The lowest BCUT2D eigenvalue weighted by Gasteiger charge is -2.22. The molecule has 2 amide bonds. The Morgan fingerprint density at radius 2 is 2.12 bits per heavy atom. The van der Waals surface area contributed by atoms with Crippen molar-refractivity contribution in [3.63, 3.8) is 0 Å². The van der Waals surface area contributed by atoms with Crippen LogP contribution in [0.2, 0.25) is 0 Å². The lowest BCUT2D eigenvalue weighted by Crippen LogP contribution is -2.37. The lowest BCUT2D eigenvalue weighted by atomic mass is 10.1. The number of aromatic nitrogens is 2. The van der Waals surface area contributed by atoms with Gasteiger partial charge in [0, 0.05) is 26.1 Å². The van der Waals surface area contributed by atoms with Gasteiger partial charge in [-0.15, -0.1) is 10.2 Å². The van der Waals surface area contributed by atoms with Crippen LogP contribution in [0.4, 0.5) is 5.13 Å². The van der Waals surface area contributed by atoms with Crippen molar-refractivity contribution in [2.75, 3.05) is 24.5 Å². The zero-order valence-electron chi connectivity index (χ0n) is 15.0. The van der Waals surface area contributed by atoms with Crippen LogP contribution in [0.15, 0.2) is 36.4 Å². The summed E-state index contributed by atoms with van der Waals surface area (Å²) < 4.78 is 0. The molecule has 1 aliphatic rings. The topological polar surface area (TPSA) is 66.4 Å². The molecule has 26 heavy (non-hydrogen) atoms. The number of amides is 2. The monoisotopic (exact) mass is 370 g/mol. The maximum absolute atomic E-state index is 12.8. The zero-order chi connectivity index (χ0) is 18.5. The van der Waals surface area contributed by atoms with Crippen LogP contribution < -0.4 is 4.90 Å². The van der Waals surface area contributed by atoms with E-state index in [1.54, 1.807) is 9.80 Å². The van der Waals surface area contributed by atoms with E-state index in [0.717, 1.165) is 10.6 Å². The number of hydrogen-bond acceptors (Lipinski definition) is 5. The molecule has 6 nitrogen and oxygen atoms in total. The molecule has 1 aliphatic heterocycles. The third kappa shape index (κ3) is 4.16. The number of nitrogens with zero attached hydrogens (tertiary/aromatic N) is 4. The van der Waals surface area contributed by atoms with Crippen LogP contribution >= 0.6 is 11.3 Å². The Morgan fingerprint density at radius 1 is 1.35 bits per heavy atom. The summed E-state index contributed by atoms with van der Waals surface area (Å²) in [6.45, 7) is 5.33. The smallest absolute Gasteiger partial charge is 0.229 e. The van der Waals surface area contributed by atoms with Crippen molar-refractivity contribution in [2.45, 2.75) is 20.3 Å². The van der Waals surface area contributed by atoms with Gasteiger partial charge < -0.3 is 4.90 Å². The molecule has 0 saturated carbocycles. The number of aryl methyl sites for hydroxylation is 1. The summed E-state index contributed by atoms with van der Waals surface area (Å²) in [5, 5.41) is 9.37. The first-order valence-corrected chi connectivity index (χ1v) is 9.51. The molecule has 1 aromatic carbocycles. The molecule has 136 valence electrons. The Balaban J connectivity index is 1.61. The van der Waals surface area contributed by atoms with Crippen LogP contribution in [0, 0.1) is 12.8 Å². The Bertz CT molecular complexity index is 803. The molecular formula is C19H22N4O2S. The van der Waals surface area contributed by atoms with Gasteiger partial charge in [0.25, 0.3) is 0 Å². The van der Waals surface area contributed by atoms with Gasteiger partial charge in [-0.05, 0) is 19.4 Å². The molecule has 0 aliphatic carbocycles. The van der Waals surface area contributed by atoms with Gasteiger partial charge in [-0.3, -0.25) is 14.5 Å². The first-order valence-electron chi connectivity index (χ1n) is 8.69. The van der Waals surface area contributed by atoms with Crippen molar-refractivity contribution < 1.29 is 9.59 Å². The summed E-state index contributed by atoms with van der Waals surface area (Å²) in [6, 6.07) is 9.98. The summed E-state index contributed by atoms with van der Waals surface area (Å²) in [5.74, 6) is -0.366. The summed E-state index contributed by atoms with van der Waals surface area (Å²) in [6.07, 6.45) is 4.22. The maximum atomic E-state index is 12.8. The molecule has 2 heterocycles. The Hall–Kier alpha value is -2.54. The van der Waals surface area contributed by atoms with Crippen molar-refractivity contribution in [1.29, 1.82) is 0 Å². The molecule has 1 fully saturated rings. The molecule has 7 heteroatoms. The summed E-state index contributed by atoms with van der Waals surface area (Å²) in [7, 11) is 0. The predicted molar refractivity (Wildman–Crippen MR) is 103 cm³/mol. The second-order valence-electron chi connectivity index (χ2n) is 6.20. The molecule has 1 unspecified atom stereocenters. The highest BCUT2D eigenvalue weighted by atomic mass is 32.1. The molecule has 0 spiro atoms. The normalized spacial score (nSPS) is 17.2. The minimum atomic E-state index is -0.322. The average molecular weight is 370 g/mol. The minimum Gasteiger partial charge on any atom is -0.339 e.